The molecule has 2 aliphatic heterocycles. The number of ether oxygens (including phenoxy) is 6. The van der Waals surface area contributed by atoms with Gasteiger partial charge in [0.2, 0.25) is 0 Å². The number of methoxy groups -OCH3 is 3. The van der Waals surface area contributed by atoms with Gasteiger partial charge < -0.3 is 33.5 Å². The maximum Gasteiger partial charge on any atom is 0.306 e. The Balaban J connectivity index is 1.34. The average Bonchev–Trinajstić information content (AvgIpc) is 3.78. The van der Waals surface area contributed by atoms with E-state index in [1.165, 1.54) is 4.88 Å². The number of ketones is 1. The maximum absolute atomic E-state index is 14.2. The number of thiazole rings is 1. The van der Waals surface area contributed by atoms with Crippen LogP contribution in [0.5, 0.6) is 0 Å². The number of aliphatic hydroxyl groups excluding tert-OH is 1. The molecule has 0 radical (unpaired) electrons. The number of rotatable bonds is 7. The molecule has 268 valence electrons. The Morgan fingerprint density at radius 1 is 1.02 bits per heavy atom. The van der Waals surface area contributed by atoms with Crippen molar-refractivity contribution in [3.8, 4) is 0 Å². The van der Waals surface area contributed by atoms with Crippen molar-refractivity contribution in [1.29, 1.82) is 0 Å². The number of fused-ring (bicyclic) bond motifs is 8. The molecule has 3 fully saturated rings. The monoisotopic (exact) mass is 689 g/mol. The summed E-state index contributed by atoms with van der Waals surface area (Å²) in [6, 6.07) is 0. The molecular formula is C37H55NO9S. The third-order valence-electron chi connectivity index (χ3n) is 11.8. The number of hydrogen-bond acceptors (Lipinski definition) is 11. The predicted molar refractivity (Wildman–Crippen MR) is 180 cm³/mol. The van der Waals surface area contributed by atoms with E-state index in [0.29, 0.717) is 24.8 Å². The number of esters is 1. The number of carbonyl (C=O) groups excluding carboxylic acids is 2. The second-order valence-electron chi connectivity index (χ2n) is 15.0. The third-order valence-corrected chi connectivity index (χ3v) is 13.3. The van der Waals surface area contributed by atoms with Gasteiger partial charge in [0, 0.05) is 55.8 Å². The van der Waals surface area contributed by atoms with Crippen molar-refractivity contribution in [2.75, 3.05) is 21.3 Å². The molecule has 3 heterocycles. The van der Waals surface area contributed by atoms with E-state index in [-0.39, 0.29) is 84.2 Å². The molecule has 0 aromatic carbocycles. The minimum absolute atomic E-state index is 0.0143. The van der Waals surface area contributed by atoms with Crippen LogP contribution in [0, 0.1) is 23.7 Å². The normalized spacial score (nSPS) is 41.8. The predicted octanol–water partition coefficient (Wildman–Crippen LogP) is 5.67. The summed E-state index contributed by atoms with van der Waals surface area (Å²) in [5.74, 6) is -0.657. The molecule has 2 unspecified atom stereocenters. The highest BCUT2D eigenvalue weighted by Gasteiger charge is 2.57. The lowest BCUT2D eigenvalue weighted by atomic mass is 9.67. The summed E-state index contributed by atoms with van der Waals surface area (Å²) in [7, 11) is 4.95. The van der Waals surface area contributed by atoms with Gasteiger partial charge in [-0.05, 0) is 62.9 Å². The van der Waals surface area contributed by atoms with Gasteiger partial charge in [-0.2, -0.15) is 0 Å². The molecule has 2 saturated heterocycles. The van der Waals surface area contributed by atoms with Gasteiger partial charge in [-0.1, -0.05) is 33.8 Å². The number of hydrogen-bond donors (Lipinski definition) is 1. The van der Waals surface area contributed by atoms with Gasteiger partial charge in [-0.25, -0.2) is 4.98 Å². The van der Waals surface area contributed by atoms with Crippen LogP contribution in [0.4, 0.5) is 0 Å². The molecule has 1 aromatic rings. The number of cyclic esters (lactones) is 1. The quantitative estimate of drug-likeness (QED) is 0.359. The number of allylic oxidation sites excluding steroid dienone is 2. The largest absolute Gasteiger partial charge is 0.462 e. The van der Waals surface area contributed by atoms with E-state index < -0.39 is 24.4 Å². The molecule has 1 saturated carbocycles. The third kappa shape index (κ3) is 6.58. The highest BCUT2D eigenvalue weighted by molar-refractivity contribution is 7.12. The van der Waals surface area contributed by atoms with Gasteiger partial charge in [-0.3, -0.25) is 9.59 Å². The van der Waals surface area contributed by atoms with Crippen LogP contribution in [0.2, 0.25) is 0 Å². The van der Waals surface area contributed by atoms with Gasteiger partial charge in [0.25, 0.3) is 0 Å². The van der Waals surface area contributed by atoms with Crippen LogP contribution in [0.25, 0.3) is 0 Å². The summed E-state index contributed by atoms with van der Waals surface area (Å²) in [5.41, 5.74) is 1.69. The Kier molecular flexibility index (Phi) is 11.2. The van der Waals surface area contributed by atoms with E-state index in [2.05, 4.69) is 19.9 Å². The molecule has 6 rings (SSSR count). The minimum Gasteiger partial charge on any atom is -0.462 e. The lowest BCUT2D eigenvalue weighted by molar-refractivity contribution is -0.314. The standard InChI is InChI=1S/C37H55NO9S/c1-9-20-11-10-12-27(39)18(4)31(41)25-15-23-22-13-21(47-37-34(44-8)33(43-7)32(42-6)19(5)45-37)14-26(22)35-30(38-36(48-35)17(2)3)29(23)24(25)16-28(40)46-20/h15,17-24,26-27,29,32-34,37,39H,9-14,16H2,1-8H3/t18-,19?,20+,21+,22+,23+,24-,26-,27+,29-,32+,33?,34+,37+/m1/s1. The molecule has 5 aliphatic rings. The average molecular weight is 690 g/mol. The Morgan fingerprint density at radius 2 is 1.75 bits per heavy atom. The molecule has 14 atom stereocenters. The first-order valence-corrected chi connectivity index (χ1v) is 18.9. The lowest BCUT2D eigenvalue weighted by Gasteiger charge is -2.44. The van der Waals surface area contributed by atoms with E-state index in [1.807, 2.05) is 20.8 Å². The van der Waals surface area contributed by atoms with Crippen molar-refractivity contribution in [2.24, 2.45) is 23.7 Å². The number of Topliss-reactive ketones (excluding diaryl/α,β-unsaturated/α-hetero) is 1. The summed E-state index contributed by atoms with van der Waals surface area (Å²) >= 11 is 1.78. The Bertz CT molecular complexity index is 1350. The number of carbonyl (C=O) groups is 2. The first kappa shape index (κ1) is 36.1. The van der Waals surface area contributed by atoms with Crippen LogP contribution in [-0.4, -0.2) is 92.2 Å². The lowest BCUT2D eigenvalue weighted by Crippen LogP contribution is -2.59. The summed E-state index contributed by atoms with van der Waals surface area (Å²) in [5, 5.41) is 12.2. The molecule has 11 heteroatoms. The van der Waals surface area contributed by atoms with Gasteiger partial charge in [0.1, 0.15) is 24.4 Å². The zero-order valence-electron chi connectivity index (χ0n) is 29.8. The van der Waals surface area contributed by atoms with Crippen LogP contribution >= 0.6 is 11.3 Å². The summed E-state index contributed by atoms with van der Waals surface area (Å²) in [6.07, 6.45) is 3.44. The summed E-state index contributed by atoms with van der Waals surface area (Å²) < 4.78 is 36.5. The number of aliphatic hydroxyl groups is 1. The zero-order chi connectivity index (χ0) is 34.4. The Labute approximate surface area is 289 Å². The number of aromatic nitrogens is 1. The summed E-state index contributed by atoms with van der Waals surface area (Å²) in [4.78, 5) is 34.3. The van der Waals surface area contributed by atoms with E-state index >= 15 is 0 Å². The van der Waals surface area contributed by atoms with Gasteiger partial charge >= 0.3 is 5.97 Å². The molecule has 0 amide bonds. The molecule has 10 nitrogen and oxygen atoms in total. The fourth-order valence-electron chi connectivity index (χ4n) is 9.25. The summed E-state index contributed by atoms with van der Waals surface area (Å²) in [6.45, 7) is 10.1. The zero-order valence-corrected chi connectivity index (χ0v) is 30.6. The minimum atomic E-state index is -0.742. The molecule has 0 spiro atoms. The van der Waals surface area contributed by atoms with Crippen LogP contribution < -0.4 is 0 Å². The fraction of sp³-hybridized carbons (Fsp3) is 0.811. The van der Waals surface area contributed by atoms with Crippen molar-refractivity contribution in [3.63, 3.8) is 0 Å². The van der Waals surface area contributed by atoms with Crippen molar-refractivity contribution in [2.45, 2.75) is 146 Å². The van der Waals surface area contributed by atoms with Crippen LogP contribution in [0.3, 0.4) is 0 Å². The second kappa shape index (κ2) is 14.9. The van der Waals surface area contributed by atoms with Gasteiger partial charge in [-0.15, -0.1) is 11.3 Å². The highest BCUT2D eigenvalue weighted by Crippen LogP contribution is 2.62. The van der Waals surface area contributed by atoms with Gasteiger partial charge in [0.15, 0.2) is 12.1 Å². The van der Waals surface area contributed by atoms with E-state index in [9.17, 15) is 14.7 Å². The molecule has 3 aliphatic carbocycles. The highest BCUT2D eigenvalue weighted by atomic mass is 32.1. The SMILES string of the molecule is CC[C@H]1CCC[C@H](O)[C@@H](C)C(=O)C2=C[C@H]3[C@@H]4C[C@H](O[C@@H]5OC(C)[C@H](OC)C(OC)[C@@H]5OC)C[C@H]4c4sc(C(C)C)nc4[C@H]3[C@@H]2CC(=O)O1. The molecule has 48 heavy (non-hydrogen) atoms. The topological polar surface area (TPSA) is 123 Å². The smallest absolute Gasteiger partial charge is 0.306 e. The van der Waals surface area contributed by atoms with E-state index in [0.717, 1.165) is 30.0 Å². The Hall–Kier alpha value is -1.73. The van der Waals surface area contributed by atoms with E-state index in [1.54, 1.807) is 32.7 Å². The molecular weight excluding hydrogens is 634 g/mol. The van der Waals surface area contributed by atoms with Crippen molar-refractivity contribution >= 4 is 23.1 Å². The van der Waals surface area contributed by atoms with Crippen LogP contribution in [0.15, 0.2) is 11.6 Å². The molecule has 1 N–H and O–H groups in total. The Morgan fingerprint density at radius 3 is 2.42 bits per heavy atom. The van der Waals surface area contributed by atoms with Crippen molar-refractivity contribution in [3.05, 3.63) is 27.2 Å². The van der Waals surface area contributed by atoms with E-state index in [4.69, 9.17) is 33.4 Å². The van der Waals surface area contributed by atoms with Crippen LogP contribution in [-0.2, 0) is 38.0 Å². The fourth-order valence-corrected chi connectivity index (χ4v) is 10.6. The van der Waals surface area contributed by atoms with Crippen molar-refractivity contribution in [1.82, 2.24) is 4.98 Å². The second-order valence-corrected chi connectivity index (χ2v) is 16.0. The van der Waals surface area contributed by atoms with Gasteiger partial charge in [0.05, 0.1) is 35.4 Å². The first-order valence-electron chi connectivity index (χ1n) is 18.0. The first-order chi connectivity index (χ1) is 23.0. The van der Waals surface area contributed by atoms with Crippen LogP contribution in [0.1, 0.15) is 113 Å². The molecule has 0 bridgehead atoms. The van der Waals surface area contributed by atoms with Crippen molar-refractivity contribution < 1.29 is 43.1 Å². The maximum atomic E-state index is 14.2. The number of nitrogens with zero attached hydrogens (tertiary/aromatic N) is 1. The molecule has 1 aromatic heterocycles.